The second-order valence-corrected chi connectivity index (χ2v) is 3.31. The predicted molar refractivity (Wildman–Crippen MR) is 57.4 cm³/mol. The van der Waals surface area contributed by atoms with Crippen LogP contribution in [0.15, 0.2) is 29.2 Å². The number of nitrogens with two attached hydrogens (primary N) is 1. The lowest BCUT2D eigenvalue weighted by Crippen LogP contribution is -2.29. The van der Waals surface area contributed by atoms with Gasteiger partial charge in [0.25, 0.3) is 5.56 Å². The third-order valence-corrected chi connectivity index (χ3v) is 2.38. The third-order valence-electron chi connectivity index (χ3n) is 2.38. The molecule has 0 aliphatic carbocycles. The number of nitrogens with zero attached hydrogens (tertiary/aromatic N) is 1. The lowest BCUT2D eigenvalue weighted by atomic mass is 10.2. The summed E-state index contributed by atoms with van der Waals surface area (Å²) >= 11 is 0. The predicted octanol–water partition coefficient (Wildman–Crippen LogP) is 0.723. The van der Waals surface area contributed by atoms with E-state index in [0.717, 1.165) is 25.2 Å². The average Bonchev–Trinajstić information content (AvgIpc) is 2.23. The first kappa shape index (κ1) is 8.87. The van der Waals surface area contributed by atoms with Gasteiger partial charge in [0.05, 0.1) is 5.69 Å². The second-order valence-electron chi connectivity index (χ2n) is 3.31. The Bertz CT molecular complexity index is 408. The van der Waals surface area contributed by atoms with Gasteiger partial charge in [-0.25, -0.2) is 0 Å². The van der Waals surface area contributed by atoms with Gasteiger partial charge in [-0.15, -0.1) is 0 Å². The van der Waals surface area contributed by atoms with Gasteiger partial charge in [0.15, 0.2) is 0 Å². The van der Waals surface area contributed by atoms with Gasteiger partial charge in [-0.3, -0.25) is 4.79 Å². The molecule has 1 aromatic rings. The summed E-state index contributed by atoms with van der Waals surface area (Å²) in [5.41, 5.74) is 6.63. The fourth-order valence-corrected chi connectivity index (χ4v) is 1.62. The van der Waals surface area contributed by atoms with E-state index in [2.05, 4.69) is 22.0 Å². The van der Waals surface area contributed by atoms with Crippen molar-refractivity contribution in [2.75, 3.05) is 23.7 Å². The molecule has 0 aromatic carbocycles. The molecule has 0 atom stereocenters. The highest BCUT2D eigenvalue weighted by Crippen LogP contribution is 2.20. The van der Waals surface area contributed by atoms with Crippen LogP contribution in [-0.4, -0.2) is 18.1 Å². The summed E-state index contributed by atoms with van der Waals surface area (Å²) in [6.07, 6.45) is 6.86. The number of hydrogen-bond acceptors (Lipinski definition) is 3. The standard InChI is InChI=1S/C10H13N3O/c11-9-8(4-5-12-10(9)14)13-6-2-1-3-7-13/h1-2,4-5H,3,6-7,11H2,(H,12,14). The summed E-state index contributed by atoms with van der Waals surface area (Å²) in [7, 11) is 0. The van der Waals surface area contributed by atoms with Gasteiger partial charge in [0.2, 0.25) is 0 Å². The summed E-state index contributed by atoms with van der Waals surface area (Å²) in [6, 6.07) is 1.84. The number of aromatic nitrogens is 1. The number of nitrogens with one attached hydrogen (secondary N) is 1. The highest BCUT2D eigenvalue weighted by molar-refractivity contribution is 5.66. The first-order valence-electron chi connectivity index (χ1n) is 4.66. The Hall–Kier alpha value is -1.71. The van der Waals surface area contributed by atoms with Gasteiger partial charge in [-0.1, -0.05) is 12.2 Å². The Kier molecular flexibility index (Phi) is 2.26. The van der Waals surface area contributed by atoms with Crippen LogP contribution in [0.1, 0.15) is 6.42 Å². The van der Waals surface area contributed by atoms with Gasteiger partial charge in [0.1, 0.15) is 5.69 Å². The Morgan fingerprint density at radius 2 is 2.29 bits per heavy atom. The smallest absolute Gasteiger partial charge is 0.273 e. The molecule has 14 heavy (non-hydrogen) atoms. The van der Waals surface area contributed by atoms with E-state index in [1.807, 2.05) is 6.07 Å². The first-order chi connectivity index (χ1) is 6.79. The van der Waals surface area contributed by atoms with E-state index in [9.17, 15) is 4.79 Å². The molecule has 3 N–H and O–H groups in total. The molecule has 1 aliphatic rings. The fourth-order valence-electron chi connectivity index (χ4n) is 1.62. The number of rotatable bonds is 1. The maximum atomic E-state index is 11.3. The molecule has 4 nitrogen and oxygen atoms in total. The third kappa shape index (κ3) is 1.51. The van der Waals surface area contributed by atoms with Crippen molar-refractivity contribution in [1.82, 2.24) is 4.98 Å². The van der Waals surface area contributed by atoms with Crippen molar-refractivity contribution in [3.63, 3.8) is 0 Å². The van der Waals surface area contributed by atoms with E-state index in [1.54, 1.807) is 6.20 Å². The zero-order valence-electron chi connectivity index (χ0n) is 7.86. The summed E-state index contributed by atoms with van der Waals surface area (Å²) in [4.78, 5) is 15.9. The molecule has 0 saturated carbocycles. The van der Waals surface area contributed by atoms with Crippen LogP contribution in [0.25, 0.3) is 0 Å². The Morgan fingerprint density at radius 3 is 3.00 bits per heavy atom. The zero-order chi connectivity index (χ0) is 9.97. The van der Waals surface area contributed by atoms with E-state index in [-0.39, 0.29) is 5.56 Å². The molecule has 4 heteroatoms. The number of pyridine rings is 1. The molecule has 0 amide bonds. The number of anilines is 2. The molecule has 2 heterocycles. The van der Waals surface area contributed by atoms with Crippen molar-refractivity contribution in [3.8, 4) is 0 Å². The maximum absolute atomic E-state index is 11.3. The second kappa shape index (κ2) is 3.57. The van der Waals surface area contributed by atoms with Gasteiger partial charge in [0, 0.05) is 19.3 Å². The summed E-state index contributed by atoms with van der Waals surface area (Å²) in [5.74, 6) is 0. The van der Waals surface area contributed by atoms with Crippen molar-refractivity contribution in [3.05, 3.63) is 34.8 Å². The molecule has 2 rings (SSSR count). The molecule has 0 radical (unpaired) electrons. The molecular weight excluding hydrogens is 178 g/mol. The maximum Gasteiger partial charge on any atom is 0.273 e. The quantitative estimate of drug-likeness (QED) is 0.643. The molecule has 1 aliphatic heterocycles. The topological polar surface area (TPSA) is 62.1 Å². The number of nitrogen functional groups attached to an aromatic ring is 1. The Balaban J connectivity index is 2.36. The van der Waals surface area contributed by atoms with Gasteiger partial charge >= 0.3 is 0 Å². The zero-order valence-corrected chi connectivity index (χ0v) is 7.86. The molecule has 0 unspecified atom stereocenters. The SMILES string of the molecule is Nc1c(N2CC=CCC2)cc[nH]c1=O. The van der Waals surface area contributed by atoms with E-state index < -0.39 is 0 Å². The number of H-pyrrole nitrogens is 1. The molecule has 0 spiro atoms. The largest absolute Gasteiger partial charge is 0.393 e. The molecule has 0 bridgehead atoms. The van der Waals surface area contributed by atoms with Gasteiger partial charge in [-0.2, -0.15) is 0 Å². The summed E-state index contributed by atoms with van der Waals surface area (Å²) in [5, 5.41) is 0. The highest BCUT2D eigenvalue weighted by atomic mass is 16.1. The summed E-state index contributed by atoms with van der Waals surface area (Å²) in [6.45, 7) is 1.75. The lowest BCUT2D eigenvalue weighted by molar-refractivity contribution is 0.820. The highest BCUT2D eigenvalue weighted by Gasteiger charge is 2.11. The van der Waals surface area contributed by atoms with Crippen LogP contribution >= 0.6 is 0 Å². The van der Waals surface area contributed by atoms with Crippen LogP contribution in [0.4, 0.5) is 11.4 Å². The van der Waals surface area contributed by atoms with E-state index >= 15 is 0 Å². The Morgan fingerprint density at radius 1 is 1.43 bits per heavy atom. The van der Waals surface area contributed by atoms with Crippen molar-refractivity contribution >= 4 is 11.4 Å². The number of hydrogen-bond donors (Lipinski definition) is 2. The minimum absolute atomic E-state index is 0.211. The molecular formula is C10H13N3O. The molecule has 1 aromatic heterocycles. The average molecular weight is 191 g/mol. The Labute approximate surface area is 82.0 Å². The van der Waals surface area contributed by atoms with Crippen LogP contribution < -0.4 is 16.2 Å². The van der Waals surface area contributed by atoms with Gasteiger partial charge < -0.3 is 15.6 Å². The van der Waals surface area contributed by atoms with Crippen LogP contribution in [0.3, 0.4) is 0 Å². The van der Waals surface area contributed by atoms with Gasteiger partial charge in [-0.05, 0) is 12.5 Å². The summed E-state index contributed by atoms with van der Waals surface area (Å²) < 4.78 is 0. The number of aromatic amines is 1. The normalized spacial score (nSPS) is 15.9. The molecule has 0 fully saturated rings. The van der Waals surface area contributed by atoms with Crippen LogP contribution in [0, 0.1) is 0 Å². The van der Waals surface area contributed by atoms with E-state index in [0.29, 0.717) is 5.69 Å². The van der Waals surface area contributed by atoms with Crippen molar-refractivity contribution in [1.29, 1.82) is 0 Å². The molecule has 74 valence electrons. The lowest BCUT2D eigenvalue weighted by Gasteiger charge is -2.26. The fraction of sp³-hybridized carbons (Fsp3) is 0.300. The van der Waals surface area contributed by atoms with Crippen LogP contribution in [0.5, 0.6) is 0 Å². The van der Waals surface area contributed by atoms with E-state index in [1.165, 1.54) is 0 Å². The van der Waals surface area contributed by atoms with Crippen LogP contribution in [0.2, 0.25) is 0 Å². The van der Waals surface area contributed by atoms with Crippen molar-refractivity contribution in [2.24, 2.45) is 0 Å². The minimum Gasteiger partial charge on any atom is -0.393 e. The first-order valence-corrected chi connectivity index (χ1v) is 4.66. The minimum atomic E-state index is -0.211. The van der Waals surface area contributed by atoms with Crippen LogP contribution in [-0.2, 0) is 0 Å². The van der Waals surface area contributed by atoms with E-state index in [4.69, 9.17) is 5.73 Å². The molecule has 0 saturated heterocycles. The van der Waals surface area contributed by atoms with Crippen molar-refractivity contribution < 1.29 is 0 Å². The van der Waals surface area contributed by atoms with Crippen molar-refractivity contribution in [2.45, 2.75) is 6.42 Å². The monoisotopic (exact) mass is 191 g/mol.